The van der Waals surface area contributed by atoms with E-state index in [9.17, 15) is 5.11 Å². The van der Waals surface area contributed by atoms with E-state index in [0.717, 1.165) is 39.3 Å². The van der Waals surface area contributed by atoms with E-state index in [1.807, 2.05) is 0 Å². The van der Waals surface area contributed by atoms with Crippen LogP contribution in [-0.2, 0) is 4.74 Å². The van der Waals surface area contributed by atoms with Crippen molar-refractivity contribution in [1.29, 1.82) is 0 Å². The van der Waals surface area contributed by atoms with Crippen LogP contribution >= 0.6 is 0 Å². The van der Waals surface area contributed by atoms with Crippen LogP contribution in [0, 0.1) is 5.92 Å². The lowest BCUT2D eigenvalue weighted by molar-refractivity contribution is -0.0691. The third-order valence-electron chi connectivity index (χ3n) is 4.66. The van der Waals surface area contributed by atoms with Crippen molar-refractivity contribution in [2.75, 3.05) is 39.5 Å². The molecular weight excluding hydrogens is 240 g/mol. The molecule has 0 amide bonds. The number of nitrogens with one attached hydrogen (secondary N) is 1. The van der Waals surface area contributed by atoms with Crippen LogP contribution in [0.3, 0.4) is 0 Å². The van der Waals surface area contributed by atoms with Crippen LogP contribution in [0.4, 0.5) is 0 Å². The lowest BCUT2D eigenvalue weighted by Crippen LogP contribution is -2.64. The van der Waals surface area contributed by atoms with Crippen molar-refractivity contribution in [3.05, 3.63) is 0 Å². The molecular formula is C15H30N2O2. The molecule has 112 valence electrons. The molecule has 1 aliphatic heterocycles. The summed E-state index contributed by atoms with van der Waals surface area (Å²) in [4.78, 5) is 2.49. The highest BCUT2D eigenvalue weighted by Crippen LogP contribution is 2.41. The van der Waals surface area contributed by atoms with Crippen LogP contribution in [-0.4, -0.2) is 60.5 Å². The molecule has 0 radical (unpaired) electrons. The molecule has 1 atom stereocenters. The Bertz CT molecular complexity index is 292. The van der Waals surface area contributed by atoms with Gasteiger partial charge in [-0.25, -0.2) is 0 Å². The van der Waals surface area contributed by atoms with Gasteiger partial charge in [-0.3, -0.25) is 4.90 Å². The van der Waals surface area contributed by atoms with E-state index in [1.54, 1.807) is 0 Å². The molecule has 1 unspecified atom stereocenters. The molecule has 0 bridgehead atoms. The SMILES string of the molecule is CCCNC(CO)(CN1CCOCC1(C)C)C1CC1. The molecule has 1 saturated heterocycles. The molecule has 4 nitrogen and oxygen atoms in total. The second-order valence-electron chi connectivity index (χ2n) is 6.80. The van der Waals surface area contributed by atoms with E-state index in [-0.39, 0.29) is 17.7 Å². The Morgan fingerprint density at radius 3 is 2.68 bits per heavy atom. The lowest BCUT2D eigenvalue weighted by Gasteiger charge is -2.47. The summed E-state index contributed by atoms with van der Waals surface area (Å²) in [6, 6.07) is 0. The van der Waals surface area contributed by atoms with Gasteiger partial charge >= 0.3 is 0 Å². The van der Waals surface area contributed by atoms with Crippen LogP contribution < -0.4 is 5.32 Å². The summed E-state index contributed by atoms with van der Waals surface area (Å²) < 4.78 is 5.60. The van der Waals surface area contributed by atoms with Crippen LogP contribution in [0.2, 0.25) is 0 Å². The highest BCUT2D eigenvalue weighted by Gasteiger charge is 2.47. The Morgan fingerprint density at radius 1 is 1.42 bits per heavy atom. The van der Waals surface area contributed by atoms with Gasteiger partial charge in [-0.2, -0.15) is 0 Å². The van der Waals surface area contributed by atoms with Crippen molar-refractivity contribution in [3.8, 4) is 0 Å². The summed E-state index contributed by atoms with van der Waals surface area (Å²) in [6.45, 7) is 11.4. The van der Waals surface area contributed by atoms with Gasteiger partial charge in [0.25, 0.3) is 0 Å². The fourth-order valence-electron chi connectivity index (χ4n) is 3.10. The topological polar surface area (TPSA) is 44.7 Å². The number of ether oxygens (including phenoxy) is 1. The third kappa shape index (κ3) is 3.48. The van der Waals surface area contributed by atoms with Crippen molar-refractivity contribution >= 4 is 0 Å². The van der Waals surface area contributed by atoms with Gasteiger partial charge in [0.1, 0.15) is 0 Å². The van der Waals surface area contributed by atoms with Gasteiger partial charge in [-0.1, -0.05) is 6.92 Å². The van der Waals surface area contributed by atoms with Crippen molar-refractivity contribution < 1.29 is 9.84 Å². The molecule has 0 aromatic carbocycles. The maximum atomic E-state index is 9.99. The van der Waals surface area contributed by atoms with E-state index < -0.39 is 0 Å². The van der Waals surface area contributed by atoms with Crippen molar-refractivity contribution in [3.63, 3.8) is 0 Å². The van der Waals surface area contributed by atoms with Gasteiger partial charge in [0.15, 0.2) is 0 Å². The molecule has 2 N–H and O–H groups in total. The average Bonchev–Trinajstić information content (AvgIpc) is 3.21. The van der Waals surface area contributed by atoms with Gasteiger partial charge in [0, 0.05) is 18.6 Å². The summed E-state index contributed by atoms with van der Waals surface area (Å²) in [6.07, 6.45) is 3.62. The summed E-state index contributed by atoms with van der Waals surface area (Å²) in [5, 5.41) is 13.6. The predicted molar refractivity (Wildman–Crippen MR) is 77.3 cm³/mol. The first-order valence-corrected chi connectivity index (χ1v) is 7.73. The minimum absolute atomic E-state index is 0.0709. The summed E-state index contributed by atoms with van der Waals surface area (Å²) in [5.74, 6) is 0.641. The maximum Gasteiger partial charge on any atom is 0.0645 e. The molecule has 19 heavy (non-hydrogen) atoms. The Hall–Kier alpha value is -0.160. The number of morpholine rings is 1. The molecule has 1 saturated carbocycles. The average molecular weight is 270 g/mol. The number of hydrogen-bond donors (Lipinski definition) is 2. The summed E-state index contributed by atoms with van der Waals surface area (Å²) >= 11 is 0. The van der Waals surface area contributed by atoms with Gasteiger partial charge in [-0.05, 0) is 45.6 Å². The third-order valence-corrected chi connectivity index (χ3v) is 4.66. The first-order chi connectivity index (χ1) is 9.04. The first kappa shape index (κ1) is 15.2. The molecule has 2 rings (SSSR count). The van der Waals surface area contributed by atoms with Gasteiger partial charge in [0.05, 0.1) is 25.4 Å². The van der Waals surface area contributed by atoms with E-state index in [2.05, 4.69) is 31.0 Å². The molecule has 0 spiro atoms. The largest absolute Gasteiger partial charge is 0.394 e. The zero-order valence-electron chi connectivity index (χ0n) is 12.7. The van der Waals surface area contributed by atoms with Crippen LogP contribution in [0.5, 0.6) is 0 Å². The van der Waals surface area contributed by atoms with Crippen LogP contribution in [0.1, 0.15) is 40.0 Å². The van der Waals surface area contributed by atoms with Crippen LogP contribution in [0.15, 0.2) is 0 Å². The maximum absolute atomic E-state index is 9.99. The highest BCUT2D eigenvalue weighted by molar-refractivity contribution is 5.04. The second kappa shape index (κ2) is 6.08. The number of hydrogen-bond acceptors (Lipinski definition) is 4. The Kier molecular flexibility index (Phi) is 4.88. The molecule has 1 aliphatic carbocycles. The molecule has 1 heterocycles. The number of aliphatic hydroxyl groups excluding tert-OH is 1. The van der Waals surface area contributed by atoms with Crippen LogP contribution in [0.25, 0.3) is 0 Å². The minimum Gasteiger partial charge on any atom is -0.394 e. The summed E-state index contributed by atoms with van der Waals surface area (Å²) in [5.41, 5.74) is -0.0356. The quantitative estimate of drug-likeness (QED) is 0.730. The zero-order valence-corrected chi connectivity index (χ0v) is 12.7. The minimum atomic E-state index is -0.107. The molecule has 2 fully saturated rings. The lowest BCUT2D eigenvalue weighted by atomic mass is 9.90. The summed E-state index contributed by atoms with van der Waals surface area (Å²) in [7, 11) is 0. The standard InChI is InChI=1S/C15H30N2O2/c1-4-7-16-15(11-18,13-5-6-13)10-17-8-9-19-12-14(17,2)3/h13,16,18H,4-12H2,1-3H3. The second-order valence-corrected chi connectivity index (χ2v) is 6.80. The first-order valence-electron chi connectivity index (χ1n) is 7.73. The molecule has 0 aromatic heterocycles. The monoisotopic (exact) mass is 270 g/mol. The Labute approximate surface area is 117 Å². The number of nitrogens with zero attached hydrogens (tertiary/aromatic N) is 1. The van der Waals surface area contributed by atoms with E-state index in [1.165, 1.54) is 12.8 Å². The smallest absolute Gasteiger partial charge is 0.0645 e. The Morgan fingerprint density at radius 2 is 2.16 bits per heavy atom. The van der Waals surface area contributed by atoms with Crippen molar-refractivity contribution in [2.24, 2.45) is 5.92 Å². The zero-order chi connectivity index (χ0) is 13.9. The van der Waals surface area contributed by atoms with Gasteiger partial charge in [0.2, 0.25) is 0 Å². The van der Waals surface area contributed by atoms with E-state index in [0.29, 0.717) is 5.92 Å². The predicted octanol–water partition coefficient (Wildman–Crippen LogP) is 1.24. The van der Waals surface area contributed by atoms with E-state index in [4.69, 9.17) is 4.74 Å². The fraction of sp³-hybridized carbons (Fsp3) is 1.00. The normalized spacial score (nSPS) is 27.2. The van der Waals surface area contributed by atoms with Crippen molar-refractivity contribution in [1.82, 2.24) is 10.2 Å². The van der Waals surface area contributed by atoms with E-state index >= 15 is 0 Å². The van der Waals surface area contributed by atoms with Gasteiger partial charge < -0.3 is 15.2 Å². The number of rotatable bonds is 7. The highest BCUT2D eigenvalue weighted by atomic mass is 16.5. The number of aliphatic hydroxyl groups is 1. The fourth-order valence-corrected chi connectivity index (χ4v) is 3.10. The molecule has 4 heteroatoms. The Balaban J connectivity index is 2.05. The molecule has 0 aromatic rings. The molecule has 2 aliphatic rings. The van der Waals surface area contributed by atoms with Gasteiger partial charge in [-0.15, -0.1) is 0 Å². The van der Waals surface area contributed by atoms with Crippen molar-refractivity contribution in [2.45, 2.75) is 51.1 Å².